The summed E-state index contributed by atoms with van der Waals surface area (Å²) in [4.78, 5) is 23.5. The molecule has 0 bridgehead atoms. The Morgan fingerprint density at radius 2 is 0.931 bits per heavy atom. The van der Waals surface area contributed by atoms with Gasteiger partial charge in [-0.25, -0.2) is 9.59 Å². The van der Waals surface area contributed by atoms with Crippen LogP contribution in [0.2, 0.25) is 0 Å². The minimum absolute atomic E-state index is 0.361. The Morgan fingerprint density at radius 3 is 1.38 bits per heavy atom. The second-order valence-corrected chi connectivity index (χ2v) is 6.50. The average molecular weight is 386 g/mol. The van der Waals surface area contributed by atoms with Gasteiger partial charge >= 0.3 is 11.9 Å². The molecule has 3 aromatic carbocycles. The van der Waals surface area contributed by atoms with Crippen LogP contribution in [-0.4, -0.2) is 26.2 Å². The summed E-state index contributed by atoms with van der Waals surface area (Å²) < 4.78 is 9.56. The van der Waals surface area contributed by atoms with E-state index in [1.54, 1.807) is 24.3 Å². The summed E-state index contributed by atoms with van der Waals surface area (Å²) in [6.07, 6.45) is 0. The number of rotatable bonds is 5. The Balaban J connectivity index is 2.10. The molecule has 0 saturated carbocycles. The number of benzene rings is 3. The first kappa shape index (κ1) is 20.1. The van der Waals surface area contributed by atoms with Gasteiger partial charge in [-0.05, 0) is 59.0 Å². The number of ether oxygens (including phenoxy) is 2. The maximum Gasteiger partial charge on any atom is 0.337 e. The molecule has 0 heterocycles. The molecule has 0 aliphatic rings. The SMILES string of the molecule is COC(=O)c1ccc(/C(C)=C(/c2ccccc2)c2ccc(C(=O)OC)cc2)cc1. The van der Waals surface area contributed by atoms with Gasteiger partial charge in [-0.1, -0.05) is 54.6 Å². The molecule has 4 nitrogen and oxygen atoms in total. The maximum absolute atomic E-state index is 11.8. The molecule has 146 valence electrons. The van der Waals surface area contributed by atoms with E-state index in [2.05, 4.69) is 12.1 Å². The van der Waals surface area contributed by atoms with Crippen molar-refractivity contribution < 1.29 is 19.1 Å². The molecule has 0 unspecified atom stereocenters. The van der Waals surface area contributed by atoms with E-state index in [9.17, 15) is 9.59 Å². The minimum atomic E-state index is -0.364. The highest BCUT2D eigenvalue weighted by Crippen LogP contribution is 2.32. The molecule has 3 aromatic rings. The van der Waals surface area contributed by atoms with Crippen molar-refractivity contribution in [1.82, 2.24) is 0 Å². The third-order valence-corrected chi connectivity index (χ3v) is 4.77. The van der Waals surface area contributed by atoms with Crippen LogP contribution >= 0.6 is 0 Å². The maximum atomic E-state index is 11.8. The summed E-state index contributed by atoms with van der Waals surface area (Å²) in [7, 11) is 2.74. The van der Waals surface area contributed by atoms with E-state index < -0.39 is 0 Å². The lowest BCUT2D eigenvalue weighted by Gasteiger charge is -2.15. The Morgan fingerprint density at radius 1 is 0.552 bits per heavy atom. The molecule has 0 spiro atoms. The molecule has 0 aliphatic heterocycles. The van der Waals surface area contributed by atoms with Gasteiger partial charge in [0.2, 0.25) is 0 Å². The first-order valence-electron chi connectivity index (χ1n) is 9.19. The van der Waals surface area contributed by atoms with Crippen LogP contribution in [0.25, 0.3) is 11.1 Å². The summed E-state index contributed by atoms with van der Waals surface area (Å²) in [5, 5.41) is 0. The van der Waals surface area contributed by atoms with E-state index in [4.69, 9.17) is 9.47 Å². The lowest BCUT2D eigenvalue weighted by Crippen LogP contribution is -2.02. The number of esters is 2. The van der Waals surface area contributed by atoms with E-state index in [0.29, 0.717) is 11.1 Å². The molecule has 4 heteroatoms. The Kier molecular flexibility index (Phi) is 6.25. The summed E-state index contributed by atoms with van der Waals surface area (Å²) in [5.74, 6) is -0.725. The molecule has 29 heavy (non-hydrogen) atoms. The van der Waals surface area contributed by atoms with Gasteiger partial charge in [0.25, 0.3) is 0 Å². The second-order valence-electron chi connectivity index (χ2n) is 6.50. The van der Waals surface area contributed by atoms with Gasteiger partial charge in [0.15, 0.2) is 0 Å². The smallest absolute Gasteiger partial charge is 0.337 e. The predicted molar refractivity (Wildman–Crippen MR) is 114 cm³/mol. The van der Waals surface area contributed by atoms with Crippen LogP contribution in [0.3, 0.4) is 0 Å². The van der Waals surface area contributed by atoms with E-state index in [1.807, 2.05) is 49.4 Å². The van der Waals surface area contributed by atoms with E-state index in [1.165, 1.54) is 14.2 Å². The van der Waals surface area contributed by atoms with Gasteiger partial charge in [0, 0.05) is 0 Å². The molecule has 0 N–H and O–H groups in total. The lowest BCUT2D eigenvalue weighted by molar-refractivity contribution is 0.0592. The molecular weight excluding hydrogens is 364 g/mol. The second kappa shape index (κ2) is 9.02. The lowest BCUT2D eigenvalue weighted by atomic mass is 9.89. The standard InChI is InChI=1S/C25H22O4/c1-17(18-9-13-21(14-10-18)24(26)28-2)23(19-7-5-4-6-8-19)20-11-15-22(16-12-20)25(27)29-3/h4-16H,1-3H3/b23-17-. The Hall–Kier alpha value is -3.66. The van der Waals surface area contributed by atoms with Gasteiger partial charge in [0.1, 0.15) is 0 Å². The van der Waals surface area contributed by atoms with Crippen molar-refractivity contribution in [1.29, 1.82) is 0 Å². The van der Waals surface area contributed by atoms with Gasteiger partial charge in [-0.15, -0.1) is 0 Å². The van der Waals surface area contributed by atoms with Crippen molar-refractivity contribution in [2.75, 3.05) is 14.2 Å². The molecule has 3 rings (SSSR count). The summed E-state index contributed by atoms with van der Waals surface area (Å²) in [5.41, 5.74) is 6.16. The van der Waals surface area contributed by atoms with Gasteiger partial charge in [0.05, 0.1) is 25.3 Å². The van der Waals surface area contributed by atoms with Crippen LogP contribution in [0.4, 0.5) is 0 Å². The van der Waals surface area contributed by atoms with Crippen molar-refractivity contribution >= 4 is 23.1 Å². The minimum Gasteiger partial charge on any atom is -0.465 e. The topological polar surface area (TPSA) is 52.6 Å². The van der Waals surface area contributed by atoms with Gasteiger partial charge in [-0.2, -0.15) is 0 Å². The third kappa shape index (κ3) is 4.43. The predicted octanol–water partition coefficient (Wildman–Crippen LogP) is 5.24. The van der Waals surface area contributed by atoms with Crippen LogP contribution in [0.15, 0.2) is 78.9 Å². The highest BCUT2D eigenvalue weighted by Gasteiger charge is 2.13. The van der Waals surface area contributed by atoms with E-state index in [-0.39, 0.29) is 11.9 Å². The Labute approximate surface area is 170 Å². The number of carbonyl (C=O) groups is 2. The molecular formula is C25H22O4. The van der Waals surface area contributed by atoms with Crippen molar-refractivity contribution in [3.63, 3.8) is 0 Å². The van der Waals surface area contributed by atoms with Gasteiger partial charge < -0.3 is 9.47 Å². The first-order valence-corrected chi connectivity index (χ1v) is 9.19. The highest BCUT2D eigenvalue weighted by molar-refractivity contribution is 5.99. The zero-order valence-corrected chi connectivity index (χ0v) is 16.6. The van der Waals surface area contributed by atoms with Crippen molar-refractivity contribution in [2.24, 2.45) is 0 Å². The first-order chi connectivity index (χ1) is 14.0. The normalized spacial score (nSPS) is 11.4. The fourth-order valence-electron chi connectivity index (χ4n) is 3.21. The van der Waals surface area contributed by atoms with E-state index in [0.717, 1.165) is 27.8 Å². The molecule has 0 aliphatic carbocycles. The molecule has 0 saturated heterocycles. The molecule has 0 radical (unpaired) electrons. The largest absolute Gasteiger partial charge is 0.465 e. The highest BCUT2D eigenvalue weighted by atomic mass is 16.5. The van der Waals surface area contributed by atoms with Crippen LogP contribution in [0, 0.1) is 0 Å². The summed E-state index contributed by atoms with van der Waals surface area (Å²) in [6.45, 7) is 2.05. The van der Waals surface area contributed by atoms with Gasteiger partial charge in [-0.3, -0.25) is 0 Å². The van der Waals surface area contributed by atoms with Crippen LogP contribution < -0.4 is 0 Å². The van der Waals surface area contributed by atoms with Crippen molar-refractivity contribution in [3.8, 4) is 0 Å². The van der Waals surface area contributed by atoms with Crippen molar-refractivity contribution in [2.45, 2.75) is 6.92 Å². The fourth-order valence-corrected chi connectivity index (χ4v) is 3.21. The van der Waals surface area contributed by atoms with Crippen LogP contribution in [0.1, 0.15) is 44.3 Å². The number of methoxy groups -OCH3 is 2. The Bertz CT molecular complexity index is 1030. The monoisotopic (exact) mass is 386 g/mol. The molecule has 0 fully saturated rings. The average Bonchev–Trinajstić information content (AvgIpc) is 2.79. The van der Waals surface area contributed by atoms with Crippen LogP contribution in [-0.2, 0) is 9.47 Å². The fraction of sp³-hybridized carbons (Fsp3) is 0.120. The number of hydrogen-bond donors (Lipinski definition) is 0. The third-order valence-electron chi connectivity index (χ3n) is 4.77. The molecule has 0 aromatic heterocycles. The quantitative estimate of drug-likeness (QED) is 0.445. The summed E-state index contributed by atoms with van der Waals surface area (Å²) >= 11 is 0. The number of allylic oxidation sites excluding steroid dienone is 1. The molecule has 0 atom stereocenters. The zero-order chi connectivity index (χ0) is 20.8. The van der Waals surface area contributed by atoms with E-state index >= 15 is 0 Å². The molecule has 0 amide bonds. The zero-order valence-electron chi connectivity index (χ0n) is 16.6. The van der Waals surface area contributed by atoms with Crippen LogP contribution in [0.5, 0.6) is 0 Å². The number of hydrogen-bond acceptors (Lipinski definition) is 4. The summed E-state index contributed by atoms with van der Waals surface area (Å²) in [6, 6.07) is 24.8. The van der Waals surface area contributed by atoms with Crippen molar-refractivity contribution in [3.05, 3.63) is 107 Å². The number of carbonyl (C=O) groups excluding carboxylic acids is 2.